The first kappa shape index (κ1) is 18.3. The van der Waals surface area contributed by atoms with Crippen molar-refractivity contribution in [3.05, 3.63) is 0 Å². The van der Waals surface area contributed by atoms with Crippen LogP contribution in [0, 0.1) is 0 Å². The summed E-state index contributed by atoms with van der Waals surface area (Å²) in [7, 11) is 4.01. The SMILES string of the molecule is CN(C)CCNC(=O)[C@@H]1CCCCN1.Cl.Cl. The zero-order chi connectivity index (χ0) is 10.4. The lowest BCUT2D eigenvalue weighted by Crippen LogP contribution is -2.47. The number of carbonyl (C=O) groups excluding carboxylic acids is 1. The Balaban J connectivity index is 0. The van der Waals surface area contributed by atoms with Gasteiger partial charge in [0.2, 0.25) is 5.91 Å². The molecule has 2 N–H and O–H groups in total. The molecule has 1 atom stereocenters. The molecule has 1 rings (SSSR count). The topological polar surface area (TPSA) is 44.4 Å². The van der Waals surface area contributed by atoms with Gasteiger partial charge in [0.25, 0.3) is 0 Å². The Kier molecular flexibility index (Phi) is 11.6. The van der Waals surface area contributed by atoms with Crippen LogP contribution in [-0.2, 0) is 4.79 Å². The summed E-state index contributed by atoms with van der Waals surface area (Å²) in [5.41, 5.74) is 0. The quantitative estimate of drug-likeness (QED) is 0.790. The fourth-order valence-corrected chi connectivity index (χ4v) is 1.60. The summed E-state index contributed by atoms with van der Waals surface area (Å²) in [6.45, 7) is 2.62. The fourth-order valence-electron chi connectivity index (χ4n) is 1.60. The van der Waals surface area contributed by atoms with E-state index in [0.717, 1.165) is 26.1 Å². The second-order valence-corrected chi connectivity index (χ2v) is 4.10. The molecule has 0 aromatic carbocycles. The van der Waals surface area contributed by atoms with Gasteiger partial charge < -0.3 is 15.5 Å². The van der Waals surface area contributed by atoms with E-state index >= 15 is 0 Å². The minimum absolute atomic E-state index is 0. The lowest BCUT2D eigenvalue weighted by atomic mass is 10.0. The van der Waals surface area contributed by atoms with Crippen molar-refractivity contribution in [1.82, 2.24) is 15.5 Å². The maximum Gasteiger partial charge on any atom is 0.237 e. The molecule has 16 heavy (non-hydrogen) atoms. The molecule has 0 radical (unpaired) electrons. The molecule has 1 aliphatic rings. The molecule has 0 unspecified atom stereocenters. The highest BCUT2D eigenvalue weighted by atomic mass is 35.5. The third-order valence-corrected chi connectivity index (χ3v) is 2.49. The molecule has 0 aromatic heterocycles. The number of amides is 1. The average Bonchev–Trinajstić information content (AvgIpc) is 2.18. The van der Waals surface area contributed by atoms with Gasteiger partial charge in [0.05, 0.1) is 6.04 Å². The highest BCUT2D eigenvalue weighted by molar-refractivity contribution is 5.85. The van der Waals surface area contributed by atoms with Gasteiger partial charge in [-0.3, -0.25) is 4.79 Å². The van der Waals surface area contributed by atoms with Crippen molar-refractivity contribution in [3.8, 4) is 0 Å². The summed E-state index contributed by atoms with van der Waals surface area (Å²) >= 11 is 0. The molecule has 1 heterocycles. The third kappa shape index (κ3) is 7.28. The number of nitrogens with one attached hydrogen (secondary N) is 2. The number of carbonyl (C=O) groups is 1. The van der Waals surface area contributed by atoms with Gasteiger partial charge in [-0.25, -0.2) is 0 Å². The van der Waals surface area contributed by atoms with E-state index in [1.807, 2.05) is 14.1 Å². The van der Waals surface area contributed by atoms with E-state index in [9.17, 15) is 4.79 Å². The highest BCUT2D eigenvalue weighted by Gasteiger charge is 2.19. The summed E-state index contributed by atoms with van der Waals surface area (Å²) < 4.78 is 0. The summed E-state index contributed by atoms with van der Waals surface area (Å²) in [4.78, 5) is 13.7. The van der Waals surface area contributed by atoms with Crippen molar-refractivity contribution in [2.45, 2.75) is 25.3 Å². The third-order valence-electron chi connectivity index (χ3n) is 2.49. The van der Waals surface area contributed by atoms with Crippen molar-refractivity contribution in [2.75, 3.05) is 33.7 Å². The van der Waals surface area contributed by atoms with Gasteiger partial charge in [-0.05, 0) is 33.5 Å². The first-order valence-electron chi connectivity index (χ1n) is 5.36. The molecule has 1 aliphatic heterocycles. The summed E-state index contributed by atoms with van der Waals surface area (Å²) in [5.74, 6) is 0.159. The Labute approximate surface area is 110 Å². The molecule has 0 spiro atoms. The van der Waals surface area contributed by atoms with Gasteiger partial charge >= 0.3 is 0 Å². The van der Waals surface area contributed by atoms with Crippen LogP contribution >= 0.6 is 24.8 Å². The Morgan fingerprint density at radius 2 is 2.06 bits per heavy atom. The second-order valence-electron chi connectivity index (χ2n) is 4.10. The summed E-state index contributed by atoms with van der Waals surface area (Å²) in [6, 6.07) is 0.0471. The Hall–Kier alpha value is -0.0300. The first-order valence-corrected chi connectivity index (χ1v) is 5.36. The number of hydrogen-bond donors (Lipinski definition) is 2. The van der Waals surface area contributed by atoms with E-state index in [0.29, 0.717) is 0 Å². The van der Waals surface area contributed by atoms with E-state index in [1.165, 1.54) is 12.8 Å². The number of halogens is 2. The van der Waals surface area contributed by atoms with Crippen molar-refractivity contribution in [1.29, 1.82) is 0 Å². The van der Waals surface area contributed by atoms with Crippen LogP contribution in [0.3, 0.4) is 0 Å². The summed E-state index contributed by atoms with van der Waals surface area (Å²) in [6.07, 6.45) is 3.34. The molecule has 0 bridgehead atoms. The van der Waals surface area contributed by atoms with Crippen molar-refractivity contribution >= 4 is 30.7 Å². The minimum atomic E-state index is 0. The maximum atomic E-state index is 11.6. The van der Waals surface area contributed by atoms with Crippen LogP contribution in [0.1, 0.15) is 19.3 Å². The minimum Gasteiger partial charge on any atom is -0.353 e. The van der Waals surface area contributed by atoms with E-state index in [4.69, 9.17) is 0 Å². The van der Waals surface area contributed by atoms with Crippen LogP contribution < -0.4 is 10.6 Å². The number of likely N-dealkylation sites (N-methyl/N-ethyl adjacent to an activating group) is 1. The molecule has 1 amide bonds. The van der Waals surface area contributed by atoms with Crippen LogP contribution in [0.25, 0.3) is 0 Å². The molecule has 0 aromatic rings. The first-order chi connectivity index (χ1) is 6.70. The molecule has 1 fully saturated rings. The zero-order valence-electron chi connectivity index (χ0n) is 9.99. The zero-order valence-corrected chi connectivity index (χ0v) is 11.6. The molecule has 4 nitrogen and oxygen atoms in total. The Morgan fingerprint density at radius 3 is 2.56 bits per heavy atom. The lowest BCUT2D eigenvalue weighted by molar-refractivity contribution is -0.123. The Bertz CT molecular complexity index is 185. The van der Waals surface area contributed by atoms with Crippen LogP contribution in [0.5, 0.6) is 0 Å². The van der Waals surface area contributed by atoms with Crippen LogP contribution in [0.4, 0.5) is 0 Å². The van der Waals surface area contributed by atoms with E-state index in [1.54, 1.807) is 0 Å². The largest absolute Gasteiger partial charge is 0.353 e. The molecule has 0 saturated carbocycles. The molecular formula is C10H23Cl2N3O. The van der Waals surface area contributed by atoms with E-state index in [2.05, 4.69) is 15.5 Å². The van der Waals surface area contributed by atoms with Crippen molar-refractivity contribution in [3.63, 3.8) is 0 Å². The standard InChI is InChI=1S/C10H21N3O.2ClH/c1-13(2)8-7-12-10(14)9-5-3-4-6-11-9;;/h9,11H,3-8H2,1-2H3,(H,12,14);2*1H/t9-;;/m0../s1. The number of piperidine rings is 1. The molecule has 0 aliphatic carbocycles. The van der Waals surface area contributed by atoms with E-state index < -0.39 is 0 Å². The molecule has 6 heteroatoms. The number of nitrogens with zero attached hydrogens (tertiary/aromatic N) is 1. The highest BCUT2D eigenvalue weighted by Crippen LogP contribution is 2.06. The molecule has 98 valence electrons. The molecular weight excluding hydrogens is 249 g/mol. The maximum absolute atomic E-state index is 11.6. The van der Waals surface area contributed by atoms with Gasteiger partial charge in [-0.15, -0.1) is 24.8 Å². The smallest absolute Gasteiger partial charge is 0.237 e. The predicted molar refractivity (Wildman–Crippen MR) is 71.7 cm³/mol. The Morgan fingerprint density at radius 1 is 1.38 bits per heavy atom. The van der Waals surface area contributed by atoms with Crippen molar-refractivity contribution < 1.29 is 4.79 Å². The molecule has 1 saturated heterocycles. The predicted octanol–water partition coefficient (Wildman–Crippen LogP) is 0.650. The van der Waals surface area contributed by atoms with Gasteiger partial charge in [0.15, 0.2) is 0 Å². The fraction of sp³-hybridized carbons (Fsp3) is 0.900. The van der Waals surface area contributed by atoms with E-state index in [-0.39, 0.29) is 36.8 Å². The van der Waals surface area contributed by atoms with Crippen LogP contribution in [0.2, 0.25) is 0 Å². The number of hydrogen-bond acceptors (Lipinski definition) is 3. The van der Waals surface area contributed by atoms with Crippen LogP contribution in [0.15, 0.2) is 0 Å². The van der Waals surface area contributed by atoms with Crippen LogP contribution in [-0.4, -0.2) is 50.6 Å². The van der Waals surface area contributed by atoms with Gasteiger partial charge in [-0.2, -0.15) is 0 Å². The normalized spacial score (nSPS) is 19.6. The van der Waals surface area contributed by atoms with Crippen molar-refractivity contribution in [2.24, 2.45) is 0 Å². The summed E-state index contributed by atoms with van der Waals surface area (Å²) in [5, 5.41) is 6.17. The number of rotatable bonds is 4. The average molecular weight is 272 g/mol. The second kappa shape index (κ2) is 10.1. The van der Waals surface area contributed by atoms with Gasteiger partial charge in [-0.1, -0.05) is 6.42 Å². The lowest BCUT2D eigenvalue weighted by Gasteiger charge is -2.22. The monoisotopic (exact) mass is 271 g/mol. The van der Waals surface area contributed by atoms with Gasteiger partial charge in [0.1, 0.15) is 0 Å². The van der Waals surface area contributed by atoms with Gasteiger partial charge in [0, 0.05) is 13.1 Å².